The SMILES string of the molecule is O=C(NCCc1nc2ccccc2[nH]1)NCc1cccc(OCC(F)(F)F)c1. The molecule has 0 bridgehead atoms. The van der Waals surface area contributed by atoms with Gasteiger partial charge in [0.1, 0.15) is 11.6 Å². The van der Waals surface area contributed by atoms with Crippen LogP contribution in [0.4, 0.5) is 18.0 Å². The van der Waals surface area contributed by atoms with Gasteiger partial charge in [-0.05, 0) is 29.8 Å². The van der Waals surface area contributed by atoms with Gasteiger partial charge in [-0.25, -0.2) is 9.78 Å². The Balaban J connectivity index is 1.41. The maximum atomic E-state index is 12.2. The van der Waals surface area contributed by atoms with Crippen LogP contribution in [-0.4, -0.2) is 35.3 Å². The van der Waals surface area contributed by atoms with E-state index in [9.17, 15) is 18.0 Å². The fraction of sp³-hybridized carbons (Fsp3) is 0.263. The minimum atomic E-state index is -4.39. The predicted octanol–water partition coefficient (Wildman–Crippen LogP) is 3.55. The molecular weight excluding hydrogens is 373 g/mol. The molecule has 0 radical (unpaired) electrons. The molecule has 148 valence electrons. The number of hydrogen-bond donors (Lipinski definition) is 3. The summed E-state index contributed by atoms with van der Waals surface area (Å²) in [6.07, 6.45) is -3.85. The molecule has 2 aromatic carbocycles. The lowest BCUT2D eigenvalue weighted by molar-refractivity contribution is -0.153. The van der Waals surface area contributed by atoms with Gasteiger partial charge in [0.25, 0.3) is 0 Å². The van der Waals surface area contributed by atoms with Crippen molar-refractivity contribution in [2.24, 2.45) is 0 Å². The Hall–Kier alpha value is -3.23. The third-order valence-corrected chi connectivity index (χ3v) is 3.84. The quantitative estimate of drug-likeness (QED) is 0.575. The second kappa shape index (κ2) is 8.64. The van der Waals surface area contributed by atoms with Crippen LogP contribution in [0.5, 0.6) is 5.75 Å². The number of nitrogens with one attached hydrogen (secondary N) is 3. The molecule has 0 unspecified atom stereocenters. The molecule has 0 atom stereocenters. The minimum absolute atomic E-state index is 0.0990. The van der Waals surface area contributed by atoms with Gasteiger partial charge in [0.05, 0.1) is 11.0 Å². The Morgan fingerprint density at radius 3 is 2.71 bits per heavy atom. The maximum absolute atomic E-state index is 12.2. The number of aromatic nitrogens is 2. The summed E-state index contributed by atoms with van der Waals surface area (Å²) < 4.78 is 41.3. The Labute approximate surface area is 159 Å². The molecule has 3 aromatic rings. The second-order valence-electron chi connectivity index (χ2n) is 6.11. The summed E-state index contributed by atoms with van der Waals surface area (Å²) >= 11 is 0. The third kappa shape index (κ3) is 5.90. The molecule has 0 aliphatic heterocycles. The van der Waals surface area contributed by atoms with Gasteiger partial charge in [0.15, 0.2) is 6.61 Å². The van der Waals surface area contributed by atoms with Gasteiger partial charge in [-0.15, -0.1) is 0 Å². The number of para-hydroxylation sites is 2. The molecule has 1 heterocycles. The van der Waals surface area contributed by atoms with Crippen molar-refractivity contribution in [1.82, 2.24) is 20.6 Å². The highest BCUT2D eigenvalue weighted by molar-refractivity contribution is 5.75. The van der Waals surface area contributed by atoms with Crippen LogP contribution in [0.15, 0.2) is 48.5 Å². The number of carbonyl (C=O) groups excluding carboxylic acids is 1. The Morgan fingerprint density at radius 2 is 1.93 bits per heavy atom. The molecule has 0 aliphatic carbocycles. The van der Waals surface area contributed by atoms with Crippen LogP contribution >= 0.6 is 0 Å². The van der Waals surface area contributed by atoms with Gasteiger partial charge >= 0.3 is 12.2 Å². The molecule has 0 spiro atoms. The predicted molar refractivity (Wildman–Crippen MR) is 98.0 cm³/mol. The van der Waals surface area contributed by atoms with Crippen LogP contribution in [0.1, 0.15) is 11.4 Å². The van der Waals surface area contributed by atoms with Crippen molar-refractivity contribution < 1.29 is 22.7 Å². The first-order valence-electron chi connectivity index (χ1n) is 8.63. The number of rotatable bonds is 7. The first-order chi connectivity index (χ1) is 13.4. The molecule has 0 fully saturated rings. The van der Waals surface area contributed by atoms with Gasteiger partial charge in [0.2, 0.25) is 0 Å². The van der Waals surface area contributed by atoms with Gasteiger partial charge in [0, 0.05) is 19.5 Å². The number of aromatic amines is 1. The lowest BCUT2D eigenvalue weighted by Gasteiger charge is -2.11. The largest absolute Gasteiger partial charge is 0.484 e. The van der Waals surface area contributed by atoms with E-state index < -0.39 is 12.8 Å². The van der Waals surface area contributed by atoms with Crippen molar-refractivity contribution in [1.29, 1.82) is 0 Å². The zero-order valence-electron chi connectivity index (χ0n) is 14.8. The average Bonchev–Trinajstić information content (AvgIpc) is 3.07. The Morgan fingerprint density at radius 1 is 1.11 bits per heavy atom. The number of imidazole rings is 1. The van der Waals surface area contributed by atoms with Crippen molar-refractivity contribution in [3.8, 4) is 5.75 Å². The normalized spacial score (nSPS) is 11.4. The van der Waals surface area contributed by atoms with Crippen LogP contribution < -0.4 is 15.4 Å². The van der Waals surface area contributed by atoms with Crippen molar-refractivity contribution in [3.05, 3.63) is 59.9 Å². The summed E-state index contributed by atoms with van der Waals surface area (Å²) in [4.78, 5) is 19.5. The van der Waals surface area contributed by atoms with Crippen molar-refractivity contribution in [2.75, 3.05) is 13.2 Å². The van der Waals surface area contributed by atoms with Crippen LogP contribution in [0, 0.1) is 0 Å². The molecule has 1 aromatic heterocycles. The molecule has 2 amide bonds. The summed E-state index contributed by atoms with van der Waals surface area (Å²) in [6.45, 7) is -0.799. The number of ether oxygens (including phenoxy) is 1. The third-order valence-electron chi connectivity index (χ3n) is 3.84. The summed E-state index contributed by atoms with van der Waals surface area (Å²) in [5.41, 5.74) is 2.44. The van der Waals surface area contributed by atoms with Crippen molar-refractivity contribution in [2.45, 2.75) is 19.1 Å². The van der Waals surface area contributed by atoms with Crippen molar-refractivity contribution in [3.63, 3.8) is 0 Å². The summed E-state index contributed by atoms with van der Waals surface area (Å²) in [6, 6.07) is 13.4. The van der Waals surface area contributed by atoms with E-state index in [1.54, 1.807) is 12.1 Å². The molecule has 3 N–H and O–H groups in total. The first-order valence-corrected chi connectivity index (χ1v) is 8.63. The number of fused-ring (bicyclic) bond motifs is 1. The Kier molecular flexibility index (Phi) is 6.03. The topological polar surface area (TPSA) is 79.0 Å². The number of halogens is 3. The van der Waals surface area contributed by atoms with Crippen LogP contribution in [0.3, 0.4) is 0 Å². The highest BCUT2D eigenvalue weighted by Crippen LogP contribution is 2.19. The van der Waals surface area contributed by atoms with E-state index >= 15 is 0 Å². The standard InChI is InChI=1S/C19H19F3N4O2/c20-19(21,22)12-28-14-5-3-4-13(10-14)11-24-18(27)23-9-8-17-25-15-6-1-2-7-16(15)26-17/h1-7,10H,8-9,11-12H2,(H,25,26)(H2,23,24,27). The number of urea groups is 1. The van der Waals surface area contributed by atoms with Crippen LogP contribution in [0.2, 0.25) is 0 Å². The zero-order chi connectivity index (χ0) is 20.0. The number of H-pyrrole nitrogens is 1. The van der Waals surface area contributed by atoms with E-state index in [-0.39, 0.29) is 18.3 Å². The summed E-state index contributed by atoms with van der Waals surface area (Å²) in [5, 5.41) is 5.37. The molecule has 0 saturated carbocycles. The van der Waals surface area contributed by atoms with E-state index in [0.717, 1.165) is 16.9 Å². The smallest absolute Gasteiger partial charge is 0.422 e. The first kappa shape index (κ1) is 19.5. The molecule has 0 saturated heterocycles. The van der Waals surface area contributed by atoms with Gasteiger partial charge < -0.3 is 20.4 Å². The fourth-order valence-electron chi connectivity index (χ4n) is 2.57. The summed E-state index contributed by atoms with van der Waals surface area (Å²) in [7, 11) is 0. The highest BCUT2D eigenvalue weighted by atomic mass is 19.4. The number of amides is 2. The lowest BCUT2D eigenvalue weighted by Crippen LogP contribution is -2.36. The maximum Gasteiger partial charge on any atom is 0.422 e. The van der Waals surface area contributed by atoms with E-state index in [0.29, 0.717) is 18.5 Å². The zero-order valence-corrected chi connectivity index (χ0v) is 14.8. The average molecular weight is 392 g/mol. The molecule has 3 rings (SSSR count). The summed E-state index contributed by atoms with van der Waals surface area (Å²) in [5.74, 6) is 0.873. The molecule has 0 aliphatic rings. The monoisotopic (exact) mass is 392 g/mol. The highest BCUT2D eigenvalue weighted by Gasteiger charge is 2.28. The number of hydrogen-bond acceptors (Lipinski definition) is 3. The van der Waals surface area contributed by atoms with E-state index in [1.165, 1.54) is 12.1 Å². The molecule has 28 heavy (non-hydrogen) atoms. The number of benzene rings is 2. The van der Waals surface area contributed by atoms with E-state index in [2.05, 4.69) is 20.6 Å². The van der Waals surface area contributed by atoms with Crippen LogP contribution in [0.25, 0.3) is 11.0 Å². The van der Waals surface area contributed by atoms with Gasteiger partial charge in [-0.2, -0.15) is 13.2 Å². The Bertz CT molecular complexity index is 907. The van der Waals surface area contributed by atoms with Gasteiger partial charge in [-0.1, -0.05) is 24.3 Å². The lowest BCUT2D eigenvalue weighted by atomic mass is 10.2. The molecule has 6 nitrogen and oxygen atoms in total. The number of nitrogens with zero attached hydrogens (tertiary/aromatic N) is 1. The molecular formula is C19H19F3N4O2. The minimum Gasteiger partial charge on any atom is -0.484 e. The van der Waals surface area contributed by atoms with E-state index in [1.807, 2.05) is 24.3 Å². The van der Waals surface area contributed by atoms with Gasteiger partial charge in [-0.3, -0.25) is 0 Å². The van der Waals surface area contributed by atoms with E-state index in [4.69, 9.17) is 4.74 Å². The molecule has 9 heteroatoms. The fourth-order valence-corrected chi connectivity index (χ4v) is 2.57. The second-order valence-corrected chi connectivity index (χ2v) is 6.11. The number of carbonyl (C=O) groups is 1. The number of alkyl halides is 3. The van der Waals surface area contributed by atoms with Crippen molar-refractivity contribution >= 4 is 17.1 Å². The van der Waals surface area contributed by atoms with Crippen LogP contribution in [-0.2, 0) is 13.0 Å².